The van der Waals surface area contributed by atoms with Crippen LogP contribution >= 0.6 is 0 Å². The van der Waals surface area contributed by atoms with Crippen molar-refractivity contribution in [2.45, 2.75) is 32.2 Å². The van der Waals surface area contributed by atoms with Gasteiger partial charge in [-0.15, -0.1) is 0 Å². The van der Waals surface area contributed by atoms with Crippen LogP contribution in [0.1, 0.15) is 36.5 Å². The van der Waals surface area contributed by atoms with E-state index in [9.17, 15) is 24.5 Å². The first kappa shape index (κ1) is 22.3. The highest BCUT2D eigenvalue weighted by atomic mass is 16.6. The topological polar surface area (TPSA) is 148 Å². The molecule has 1 aromatic rings. The minimum absolute atomic E-state index is 0.109. The second-order valence-electron chi connectivity index (χ2n) is 7.19. The Labute approximate surface area is 169 Å². The Hall–Kier alpha value is -3.01. The van der Waals surface area contributed by atoms with Gasteiger partial charge in [0, 0.05) is 30.8 Å². The number of nitro benzene ring substituents is 1. The molecule has 3 amide bonds. The molecule has 4 N–H and O–H groups in total. The maximum Gasteiger partial charge on any atom is 0.270 e. The molecule has 0 aromatic heterocycles. The zero-order valence-electron chi connectivity index (χ0n) is 16.4. The highest BCUT2D eigenvalue weighted by Gasteiger charge is 2.23. The van der Waals surface area contributed by atoms with Gasteiger partial charge >= 0.3 is 0 Å². The molecule has 1 aromatic carbocycles. The van der Waals surface area contributed by atoms with Crippen molar-refractivity contribution in [3.63, 3.8) is 0 Å². The number of nitrogens with two attached hydrogens (primary N) is 1. The van der Waals surface area contributed by atoms with E-state index in [1.165, 1.54) is 18.2 Å². The lowest BCUT2D eigenvalue weighted by molar-refractivity contribution is -0.384. The molecule has 10 nitrogen and oxygen atoms in total. The predicted molar refractivity (Wildman–Crippen MR) is 106 cm³/mol. The summed E-state index contributed by atoms with van der Waals surface area (Å²) < 4.78 is 0. The quantitative estimate of drug-likeness (QED) is 0.308. The highest BCUT2D eigenvalue weighted by Crippen LogP contribution is 2.16. The number of amides is 3. The van der Waals surface area contributed by atoms with Gasteiger partial charge in [-0.3, -0.25) is 24.5 Å². The number of hydrogen-bond donors (Lipinski definition) is 3. The lowest BCUT2D eigenvalue weighted by Gasteiger charge is -2.31. The number of likely N-dealkylation sites (tertiary alicyclic amines) is 1. The molecule has 2 atom stereocenters. The van der Waals surface area contributed by atoms with Gasteiger partial charge in [-0.05, 0) is 45.3 Å². The van der Waals surface area contributed by atoms with Crippen LogP contribution in [0.4, 0.5) is 5.69 Å². The smallest absolute Gasteiger partial charge is 0.270 e. The lowest BCUT2D eigenvalue weighted by Crippen LogP contribution is -2.46. The Balaban J connectivity index is 1.72. The van der Waals surface area contributed by atoms with E-state index in [1.54, 1.807) is 6.92 Å². The Morgan fingerprint density at radius 3 is 2.83 bits per heavy atom. The third-order valence-corrected chi connectivity index (χ3v) is 4.92. The molecule has 2 unspecified atom stereocenters. The van der Waals surface area contributed by atoms with E-state index < -0.39 is 16.9 Å². The minimum atomic E-state index is -0.781. The van der Waals surface area contributed by atoms with Gasteiger partial charge in [-0.2, -0.15) is 0 Å². The summed E-state index contributed by atoms with van der Waals surface area (Å²) in [5, 5.41) is 16.1. The zero-order chi connectivity index (χ0) is 21.4. The van der Waals surface area contributed by atoms with Gasteiger partial charge in [0.1, 0.15) is 6.04 Å². The van der Waals surface area contributed by atoms with Crippen LogP contribution in [0.3, 0.4) is 0 Å². The number of benzene rings is 1. The summed E-state index contributed by atoms with van der Waals surface area (Å²) >= 11 is 0. The van der Waals surface area contributed by atoms with Crippen molar-refractivity contribution in [1.29, 1.82) is 0 Å². The molecule has 1 aliphatic heterocycles. The molecule has 1 saturated heterocycles. The van der Waals surface area contributed by atoms with Crippen LogP contribution in [0, 0.1) is 16.0 Å². The fraction of sp³-hybridized carbons (Fsp3) is 0.526. The maximum atomic E-state index is 12.2. The molecule has 1 aliphatic rings. The van der Waals surface area contributed by atoms with Crippen molar-refractivity contribution in [2.75, 3.05) is 26.2 Å². The number of piperidine rings is 1. The van der Waals surface area contributed by atoms with Crippen molar-refractivity contribution in [1.82, 2.24) is 15.5 Å². The monoisotopic (exact) mass is 405 g/mol. The van der Waals surface area contributed by atoms with Crippen LogP contribution in [0.2, 0.25) is 0 Å². The van der Waals surface area contributed by atoms with Crippen LogP contribution in [-0.2, 0) is 9.59 Å². The lowest BCUT2D eigenvalue weighted by atomic mass is 9.97. The zero-order valence-corrected chi connectivity index (χ0v) is 16.4. The van der Waals surface area contributed by atoms with E-state index in [0.29, 0.717) is 19.5 Å². The van der Waals surface area contributed by atoms with Crippen LogP contribution in [-0.4, -0.2) is 59.8 Å². The number of rotatable bonds is 9. The molecule has 0 bridgehead atoms. The summed E-state index contributed by atoms with van der Waals surface area (Å²) in [7, 11) is 0. The summed E-state index contributed by atoms with van der Waals surface area (Å²) in [6.07, 6.45) is 2.47. The Morgan fingerprint density at radius 2 is 2.14 bits per heavy atom. The normalized spacial score (nSPS) is 17.9. The predicted octanol–water partition coefficient (Wildman–Crippen LogP) is 0.417. The summed E-state index contributed by atoms with van der Waals surface area (Å²) in [5.74, 6) is -1.27. The van der Waals surface area contributed by atoms with Gasteiger partial charge in [0.25, 0.3) is 11.6 Å². The molecular formula is C19H27N5O5. The van der Waals surface area contributed by atoms with E-state index in [0.717, 1.165) is 32.0 Å². The van der Waals surface area contributed by atoms with Crippen molar-refractivity contribution in [3.05, 3.63) is 39.9 Å². The number of hydrogen-bond acceptors (Lipinski definition) is 6. The van der Waals surface area contributed by atoms with Crippen molar-refractivity contribution < 1.29 is 19.3 Å². The Bertz CT molecular complexity index is 769. The molecule has 0 saturated carbocycles. The molecular weight excluding hydrogens is 378 g/mol. The molecule has 1 heterocycles. The van der Waals surface area contributed by atoms with E-state index in [-0.39, 0.29) is 29.0 Å². The fourth-order valence-electron chi connectivity index (χ4n) is 3.26. The Kier molecular flexibility index (Phi) is 8.08. The maximum absolute atomic E-state index is 12.2. The molecule has 1 fully saturated rings. The number of primary amides is 1. The van der Waals surface area contributed by atoms with E-state index >= 15 is 0 Å². The van der Waals surface area contributed by atoms with Crippen LogP contribution < -0.4 is 16.4 Å². The summed E-state index contributed by atoms with van der Waals surface area (Å²) in [4.78, 5) is 48.1. The second kappa shape index (κ2) is 10.5. The molecule has 0 aliphatic carbocycles. The molecule has 2 rings (SSSR count). The standard InChI is InChI=1S/C19H27N5O5/c1-13(22-19(27)14-5-2-7-16(11-14)24(28)29)18(26)21-8-4-10-23-9-3-6-15(12-23)17(20)25/h2,5,7,11,13,15H,3-4,6,8-10,12H2,1H3,(H2,20,25)(H,21,26)(H,22,27). The van der Waals surface area contributed by atoms with E-state index in [1.807, 2.05) is 0 Å². The fourth-order valence-corrected chi connectivity index (χ4v) is 3.26. The van der Waals surface area contributed by atoms with Gasteiger partial charge in [-0.25, -0.2) is 0 Å². The molecule has 10 heteroatoms. The number of nitro groups is 1. The van der Waals surface area contributed by atoms with E-state index in [4.69, 9.17) is 5.73 Å². The summed E-state index contributed by atoms with van der Waals surface area (Å²) in [6, 6.07) is 4.54. The number of carbonyl (C=O) groups is 3. The number of carbonyl (C=O) groups excluding carboxylic acids is 3. The first-order chi connectivity index (χ1) is 13.8. The third kappa shape index (κ3) is 6.83. The highest BCUT2D eigenvalue weighted by molar-refractivity contribution is 5.97. The number of non-ortho nitro benzene ring substituents is 1. The van der Waals surface area contributed by atoms with Crippen molar-refractivity contribution in [2.24, 2.45) is 11.7 Å². The summed E-state index contributed by atoms with van der Waals surface area (Å²) in [5.41, 5.74) is 5.30. The van der Waals surface area contributed by atoms with Crippen molar-refractivity contribution in [3.8, 4) is 0 Å². The van der Waals surface area contributed by atoms with Gasteiger partial charge in [0.2, 0.25) is 11.8 Å². The Morgan fingerprint density at radius 1 is 1.38 bits per heavy atom. The van der Waals surface area contributed by atoms with E-state index in [2.05, 4.69) is 15.5 Å². The average molecular weight is 405 g/mol. The number of nitrogens with one attached hydrogen (secondary N) is 2. The first-order valence-electron chi connectivity index (χ1n) is 9.62. The minimum Gasteiger partial charge on any atom is -0.369 e. The van der Waals surface area contributed by atoms with Gasteiger partial charge in [0.15, 0.2) is 0 Å². The van der Waals surface area contributed by atoms with Crippen molar-refractivity contribution >= 4 is 23.4 Å². The molecule has 0 radical (unpaired) electrons. The SMILES string of the molecule is CC(NC(=O)c1cccc([N+](=O)[O-])c1)C(=O)NCCCN1CCCC(C(N)=O)C1. The summed E-state index contributed by atoms with van der Waals surface area (Å²) in [6.45, 7) is 4.30. The first-order valence-corrected chi connectivity index (χ1v) is 9.62. The molecule has 29 heavy (non-hydrogen) atoms. The molecule has 158 valence electrons. The molecule has 0 spiro atoms. The largest absolute Gasteiger partial charge is 0.369 e. The van der Waals surface area contributed by atoms with Crippen LogP contribution in [0.15, 0.2) is 24.3 Å². The third-order valence-electron chi connectivity index (χ3n) is 4.92. The second-order valence-corrected chi connectivity index (χ2v) is 7.19. The average Bonchev–Trinajstić information content (AvgIpc) is 2.71. The van der Waals surface area contributed by atoms with Gasteiger partial charge in [-0.1, -0.05) is 6.07 Å². The van der Waals surface area contributed by atoms with Crippen LogP contribution in [0.25, 0.3) is 0 Å². The van der Waals surface area contributed by atoms with Gasteiger partial charge < -0.3 is 21.3 Å². The van der Waals surface area contributed by atoms with Crippen LogP contribution in [0.5, 0.6) is 0 Å². The van der Waals surface area contributed by atoms with Gasteiger partial charge in [0.05, 0.1) is 10.8 Å². The number of nitrogens with zero attached hydrogens (tertiary/aromatic N) is 2.